The Balaban J connectivity index is 4.83. The zero-order valence-corrected chi connectivity index (χ0v) is 20.1. The Morgan fingerprint density at radius 1 is 0.694 bits per heavy atom. The van der Waals surface area contributed by atoms with Gasteiger partial charge in [-0.1, -0.05) is 13.2 Å². The number of rotatable bonds is 14. The summed E-state index contributed by atoms with van der Waals surface area (Å²) in [5.74, 6) is -2.82. The Kier molecular flexibility index (Phi) is 13.7. The van der Waals surface area contributed by atoms with Gasteiger partial charge in [0.05, 0.1) is 13.1 Å². The van der Waals surface area contributed by atoms with Crippen LogP contribution in [0.3, 0.4) is 0 Å². The first-order chi connectivity index (χ1) is 16.6. The third kappa shape index (κ3) is 14.5. The standard InChI is InChI=1S/C21H29F3N2O10/c1-13(2)15(27)32-8-6-25-18(30)35-10-20(5,17(29)34-12-21(22,23)24)11-36-19(31)26-7-9-33-16(28)14(3)4/h1,3,6-12H2,2,4-5H3,(H,25,30)(H,26,31). The number of carbonyl (C=O) groups is 5. The Morgan fingerprint density at radius 3 is 1.42 bits per heavy atom. The van der Waals surface area contributed by atoms with Crippen LogP contribution in [0.1, 0.15) is 20.8 Å². The third-order valence-corrected chi connectivity index (χ3v) is 3.81. The molecule has 0 fully saturated rings. The second-order valence-electron chi connectivity index (χ2n) is 7.59. The van der Waals surface area contributed by atoms with Gasteiger partial charge in [-0.05, 0) is 20.8 Å². The van der Waals surface area contributed by atoms with E-state index in [1.54, 1.807) is 0 Å². The molecular formula is C21H29F3N2O10. The second-order valence-corrected chi connectivity index (χ2v) is 7.59. The van der Waals surface area contributed by atoms with Crippen LogP contribution >= 0.6 is 0 Å². The van der Waals surface area contributed by atoms with E-state index in [0.29, 0.717) is 0 Å². The summed E-state index contributed by atoms with van der Waals surface area (Å²) in [4.78, 5) is 58.4. The molecule has 0 radical (unpaired) electrons. The topological polar surface area (TPSA) is 156 Å². The van der Waals surface area contributed by atoms with Gasteiger partial charge in [0.15, 0.2) is 6.61 Å². The average molecular weight is 526 g/mol. The molecule has 12 nitrogen and oxygen atoms in total. The fraction of sp³-hybridized carbons (Fsp3) is 0.571. The van der Waals surface area contributed by atoms with Crippen LogP contribution in [0, 0.1) is 5.41 Å². The molecule has 204 valence electrons. The first-order valence-corrected chi connectivity index (χ1v) is 10.3. The Bertz CT molecular complexity index is 792. The van der Waals surface area contributed by atoms with Crippen molar-refractivity contribution in [3.05, 3.63) is 24.3 Å². The number of carbonyl (C=O) groups excluding carboxylic acids is 5. The van der Waals surface area contributed by atoms with Gasteiger partial charge in [-0.25, -0.2) is 19.2 Å². The summed E-state index contributed by atoms with van der Waals surface area (Å²) in [6.07, 6.45) is -7.02. The highest BCUT2D eigenvalue weighted by Gasteiger charge is 2.41. The molecule has 0 bridgehead atoms. The summed E-state index contributed by atoms with van der Waals surface area (Å²) in [7, 11) is 0. The molecule has 0 aliphatic heterocycles. The monoisotopic (exact) mass is 526 g/mol. The Morgan fingerprint density at radius 2 is 1.08 bits per heavy atom. The van der Waals surface area contributed by atoms with Crippen LogP contribution in [0.15, 0.2) is 24.3 Å². The molecule has 0 aliphatic carbocycles. The molecule has 0 saturated carbocycles. The quantitative estimate of drug-likeness (QED) is 0.148. The number of alkyl halides is 3. The predicted octanol–water partition coefficient (Wildman–Crippen LogP) is 1.79. The van der Waals surface area contributed by atoms with Gasteiger partial charge in [0, 0.05) is 11.1 Å². The molecule has 2 N–H and O–H groups in total. The van der Waals surface area contributed by atoms with Gasteiger partial charge >= 0.3 is 36.3 Å². The minimum Gasteiger partial charge on any atom is -0.460 e. The van der Waals surface area contributed by atoms with E-state index in [2.05, 4.69) is 28.5 Å². The van der Waals surface area contributed by atoms with Crippen molar-refractivity contribution in [1.29, 1.82) is 0 Å². The van der Waals surface area contributed by atoms with E-state index in [-0.39, 0.29) is 37.4 Å². The highest BCUT2D eigenvalue weighted by Crippen LogP contribution is 2.23. The maximum Gasteiger partial charge on any atom is 0.422 e. The van der Waals surface area contributed by atoms with Gasteiger partial charge in [0.1, 0.15) is 31.8 Å². The van der Waals surface area contributed by atoms with E-state index in [1.165, 1.54) is 13.8 Å². The van der Waals surface area contributed by atoms with Gasteiger partial charge < -0.3 is 34.3 Å². The number of esters is 3. The Hall–Kier alpha value is -3.78. The summed E-state index contributed by atoms with van der Waals surface area (Å²) >= 11 is 0. The summed E-state index contributed by atoms with van der Waals surface area (Å²) < 4.78 is 60.7. The van der Waals surface area contributed by atoms with Crippen molar-refractivity contribution < 1.29 is 60.8 Å². The van der Waals surface area contributed by atoms with Crippen LogP contribution in [0.2, 0.25) is 0 Å². The van der Waals surface area contributed by atoms with Gasteiger partial charge in [0.25, 0.3) is 0 Å². The van der Waals surface area contributed by atoms with E-state index >= 15 is 0 Å². The zero-order chi connectivity index (χ0) is 27.9. The van der Waals surface area contributed by atoms with Gasteiger partial charge in [-0.2, -0.15) is 13.2 Å². The zero-order valence-electron chi connectivity index (χ0n) is 20.1. The molecule has 0 aromatic heterocycles. The summed E-state index contributed by atoms with van der Waals surface area (Å²) in [6, 6.07) is 0. The molecule has 2 amide bonds. The highest BCUT2D eigenvalue weighted by atomic mass is 19.4. The van der Waals surface area contributed by atoms with Crippen LogP contribution in [0.25, 0.3) is 0 Å². The van der Waals surface area contributed by atoms with Crippen LogP contribution in [0.5, 0.6) is 0 Å². The van der Waals surface area contributed by atoms with E-state index in [0.717, 1.165) is 6.92 Å². The number of hydrogen-bond acceptors (Lipinski definition) is 10. The lowest BCUT2D eigenvalue weighted by Gasteiger charge is -2.26. The minimum atomic E-state index is -4.82. The lowest BCUT2D eigenvalue weighted by atomic mass is 9.93. The number of halogens is 3. The molecule has 0 aromatic carbocycles. The lowest BCUT2D eigenvalue weighted by Crippen LogP contribution is -2.43. The summed E-state index contributed by atoms with van der Waals surface area (Å²) in [6.45, 7) is 6.25. The van der Waals surface area contributed by atoms with Crippen molar-refractivity contribution in [2.24, 2.45) is 5.41 Å². The van der Waals surface area contributed by atoms with Crippen LogP contribution in [0.4, 0.5) is 22.8 Å². The molecule has 0 saturated heterocycles. The second kappa shape index (κ2) is 15.3. The Labute approximate surface area is 205 Å². The molecule has 15 heteroatoms. The fourth-order valence-electron chi connectivity index (χ4n) is 1.87. The average Bonchev–Trinajstić information content (AvgIpc) is 2.79. The number of ether oxygens (including phenoxy) is 5. The van der Waals surface area contributed by atoms with Crippen LogP contribution in [-0.2, 0) is 38.1 Å². The number of alkyl carbamates (subject to hydrolysis) is 2. The number of hydrogen-bond donors (Lipinski definition) is 2. The van der Waals surface area contributed by atoms with Gasteiger partial charge in [0.2, 0.25) is 0 Å². The largest absolute Gasteiger partial charge is 0.460 e. The van der Waals surface area contributed by atoms with Crippen molar-refractivity contribution >= 4 is 30.1 Å². The molecular weight excluding hydrogens is 497 g/mol. The molecule has 0 aliphatic rings. The third-order valence-electron chi connectivity index (χ3n) is 3.81. The molecule has 0 unspecified atom stereocenters. The SMILES string of the molecule is C=C(C)C(=O)OCCNC(=O)OCC(C)(COC(=O)NCCOC(=O)C(=C)C)C(=O)OCC(F)(F)F. The first-order valence-electron chi connectivity index (χ1n) is 10.3. The smallest absolute Gasteiger partial charge is 0.422 e. The highest BCUT2D eigenvalue weighted by molar-refractivity contribution is 5.87. The summed E-state index contributed by atoms with van der Waals surface area (Å²) in [5.41, 5.74) is -1.73. The molecule has 0 rings (SSSR count). The van der Waals surface area contributed by atoms with E-state index in [1.807, 2.05) is 0 Å². The minimum absolute atomic E-state index is 0.141. The fourth-order valence-corrected chi connectivity index (χ4v) is 1.87. The number of nitrogens with one attached hydrogen (secondary N) is 2. The van der Waals surface area contributed by atoms with Crippen LogP contribution in [-0.4, -0.2) is 82.4 Å². The van der Waals surface area contributed by atoms with E-state index in [4.69, 9.17) is 18.9 Å². The molecule has 0 spiro atoms. The normalized spacial score (nSPS) is 10.9. The van der Waals surface area contributed by atoms with Crippen molar-refractivity contribution in [3.63, 3.8) is 0 Å². The lowest BCUT2D eigenvalue weighted by molar-refractivity contribution is -0.196. The van der Waals surface area contributed by atoms with Crippen molar-refractivity contribution in [2.75, 3.05) is 46.1 Å². The maximum absolute atomic E-state index is 12.4. The predicted molar refractivity (Wildman–Crippen MR) is 115 cm³/mol. The van der Waals surface area contributed by atoms with E-state index in [9.17, 15) is 37.1 Å². The first kappa shape index (κ1) is 32.2. The molecule has 36 heavy (non-hydrogen) atoms. The molecule has 0 atom stereocenters. The van der Waals surface area contributed by atoms with Crippen molar-refractivity contribution in [2.45, 2.75) is 26.9 Å². The van der Waals surface area contributed by atoms with Gasteiger partial charge in [-0.3, -0.25) is 4.79 Å². The molecule has 0 aromatic rings. The van der Waals surface area contributed by atoms with Gasteiger partial charge in [-0.15, -0.1) is 0 Å². The number of amides is 2. The van der Waals surface area contributed by atoms with Crippen molar-refractivity contribution in [1.82, 2.24) is 10.6 Å². The maximum atomic E-state index is 12.4. The summed E-state index contributed by atoms with van der Waals surface area (Å²) in [5, 5.41) is 4.39. The van der Waals surface area contributed by atoms with E-state index < -0.39 is 61.5 Å². The van der Waals surface area contributed by atoms with Crippen molar-refractivity contribution in [3.8, 4) is 0 Å². The van der Waals surface area contributed by atoms with Crippen LogP contribution < -0.4 is 10.6 Å². The molecule has 0 heterocycles.